The van der Waals surface area contributed by atoms with Gasteiger partial charge in [0.2, 0.25) is 0 Å². The smallest absolute Gasteiger partial charge is 0.0765 e. The van der Waals surface area contributed by atoms with Crippen molar-refractivity contribution in [2.24, 2.45) is 0 Å². The zero-order valence-corrected chi connectivity index (χ0v) is 31.4. The summed E-state index contributed by atoms with van der Waals surface area (Å²) in [4.78, 5) is 2.62. The molecule has 1 unspecified atom stereocenters. The minimum absolute atomic E-state index is 0.531. The number of nitrogens with zero attached hydrogens (tertiary/aromatic N) is 2. The average Bonchev–Trinajstić information content (AvgIpc) is 3.79. The maximum atomic E-state index is 2.54. The molecular weight excluding hydrogens is 697 g/mol. The fraction of sp³-hybridized carbons (Fsp3) is 0.0566. The van der Waals surface area contributed by atoms with Gasteiger partial charge in [-0.05, 0) is 93.7 Å². The van der Waals surface area contributed by atoms with Crippen molar-refractivity contribution >= 4 is 61.4 Å². The average molecular weight is 731 g/mol. The van der Waals surface area contributed by atoms with Gasteiger partial charge >= 0.3 is 0 Å². The van der Waals surface area contributed by atoms with E-state index in [-0.39, 0.29) is 0 Å². The first kappa shape index (κ1) is 30.7. The fourth-order valence-corrected chi connectivity index (χ4v) is 11.9. The van der Waals surface area contributed by atoms with Crippen molar-refractivity contribution in [2.75, 3.05) is 0 Å². The Labute approximate surface area is 329 Å². The number of para-hydroxylation sites is 4. The summed E-state index contributed by atoms with van der Waals surface area (Å²) in [6.45, 7) is 0. The van der Waals surface area contributed by atoms with E-state index in [0.29, 0.717) is 0 Å². The zero-order valence-electron chi connectivity index (χ0n) is 30.5. The minimum atomic E-state index is -0.531. The van der Waals surface area contributed by atoms with Gasteiger partial charge in [0.25, 0.3) is 0 Å². The largest absolute Gasteiger partial charge is 0.309 e. The molecule has 2 aliphatic heterocycles. The lowest BCUT2D eigenvalue weighted by Gasteiger charge is -2.45. The number of hydrogen-bond donors (Lipinski definition) is 0. The maximum Gasteiger partial charge on any atom is 0.0765 e. The second kappa shape index (κ2) is 11.3. The van der Waals surface area contributed by atoms with E-state index in [4.69, 9.17) is 0 Å². The molecule has 1 atom stereocenters. The Hall–Kier alpha value is -6.55. The lowest BCUT2D eigenvalue weighted by Crippen LogP contribution is -2.37. The molecule has 0 bridgehead atoms. The van der Waals surface area contributed by atoms with Gasteiger partial charge in [0, 0.05) is 37.0 Å². The van der Waals surface area contributed by atoms with Crippen LogP contribution in [0.25, 0.3) is 72.2 Å². The van der Waals surface area contributed by atoms with Gasteiger partial charge < -0.3 is 9.13 Å². The van der Waals surface area contributed by atoms with Crippen molar-refractivity contribution in [2.45, 2.75) is 28.0 Å². The van der Waals surface area contributed by atoms with Crippen LogP contribution in [0, 0.1) is 0 Å². The van der Waals surface area contributed by atoms with Crippen LogP contribution < -0.4 is 0 Å². The maximum absolute atomic E-state index is 2.54. The Morgan fingerprint density at radius 3 is 2.02 bits per heavy atom. The molecular formula is C53H34N2S. The van der Waals surface area contributed by atoms with Crippen LogP contribution in [0.5, 0.6) is 0 Å². The highest BCUT2D eigenvalue weighted by molar-refractivity contribution is 7.99. The van der Waals surface area contributed by atoms with Crippen molar-refractivity contribution < 1.29 is 0 Å². The van der Waals surface area contributed by atoms with Gasteiger partial charge in [-0.2, -0.15) is 0 Å². The van der Waals surface area contributed by atoms with Gasteiger partial charge in [-0.1, -0.05) is 157 Å². The molecule has 10 aromatic rings. The predicted octanol–water partition coefficient (Wildman–Crippen LogP) is 13.7. The SMILES string of the molecule is C1=Cc2c(cccc2-c2ccc(-n3c4ccccc4c4ccc5c(c43)Sc3ccccc3C53c4ccccc4-n4c5ccccc5c5cccc3c54)cc2)CC1. The summed E-state index contributed by atoms with van der Waals surface area (Å²) >= 11 is 1.93. The molecule has 4 heterocycles. The molecule has 0 saturated heterocycles. The topological polar surface area (TPSA) is 9.86 Å². The summed E-state index contributed by atoms with van der Waals surface area (Å²) < 4.78 is 5.07. The van der Waals surface area contributed by atoms with Crippen LogP contribution >= 0.6 is 11.8 Å². The van der Waals surface area contributed by atoms with E-state index < -0.39 is 5.41 Å². The lowest BCUT2D eigenvalue weighted by atomic mass is 9.62. The standard InChI is InChI=1S/C53H34N2S/c1-2-15-36-33(13-1)14-11-18-37(36)34-27-29-35(30-28-34)54-46-23-7-3-17-39(46)41-31-32-45-52(51(41)54)56-49-26-10-6-21-43(49)53(45)42-20-5-9-25-48(42)55-47-24-8-4-16-38(47)40-19-12-22-44(53)50(40)55/h2-12,14-32H,1,13H2. The molecule has 3 heteroatoms. The number of aryl methyl sites for hydroxylation is 1. The summed E-state index contributed by atoms with van der Waals surface area (Å²) in [5.41, 5.74) is 17.6. The van der Waals surface area contributed by atoms with E-state index in [1.54, 1.807) is 0 Å². The third-order valence-corrected chi connectivity index (χ3v) is 14.0. The van der Waals surface area contributed by atoms with E-state index >= 15 is 0 Å². The summed E-state index contributed by atoms with van der Waals surface area (Å²) in [6, 6.07) is 64.1. The number of benzene rings is 8. The highest BCUT2D eigenvalue weighted by Crippen LogP contribution is 2.62. The van der Waals surface area contributed by atoms with Gasteiger partial charge in [-0.3, -0.25) is 0 Å². The van der Waals surface area contributed by atoms with Gasteiger partial charge in [0.1, 0.15) is 0 Å². The van der Waals surface area contributed by atoms with E-state index in [1.165, 1.54) is 109 Å². The van der Waals surface area contributed by atoms with E-state index in [9.17, 15) is 0 Å². The van der Waals surface area contributed by atoms with Crippen LogP contribution in [0.2, 0.25) is 0 Å². The molecule has 262 valence electrons. The van der Waals surface area contributed by atoms with Crippen LogP contribution in [0.3, 0.4) is 0 Å². The number of fused-ring (bicyclic) bond motifs is 16. The van der Waals surface area contributed by atoms with Gasteiger partial charge in [-0.15, -0.1) is 0 Å². The Morgan fingerprint density at radius 1 is 0.482 bits per heavy atom. The van der Waals surface area contributed by atoms with Crippen molar-refractivity contribution in [3.8, 4) is 22.5 Å². The molecule has 8 aromatic carbocycles. The number of aromatic nitrogens is 2. The zero-order chi connectivity index (χ0) is 36.5. The van der Waals surface area contributed by atoms with Crippen LogP contribution in [-0.2, 0) is 11.8 Å². The summed E-state index contributed by atoms with van der Waals surface area (Å²) in [6.07, 6.45) is 6.85. The fourth-order valence-electron chi connectivity index (χ4n) is 10.6. The molecule has 56 heavy (non-hydrogen) atoms. The summed E-state index contributed by atoms with van der Waals surface area (Å²) in [5.74, 6) is 0. The predicted molar refractivity (Wildman–Crippen MR) is 234 cm³/mol. The van der Waals surface area contributed by atoms with Crippen molar-refractivity contribution in [3.63, 3.8) is 0 Å². The molecule has 13 rings (SSSR count). The van der Waals surface area contributed by atoms with E-state index in [0.717, 1.165) is 12.8 Å². The molecule has 1 spiro atoms. The molecule has 0 fully saturated rings. The lowest BCUT2D eigenvalue weighted by molar-refractivity contribution is 0.691. The van der Waals surface area contributed by atoms with Crippen LogP contribution in [-0.4, -0.2) is 9.13 Å². The molecule has 0 saturated carbocycles. The quantitative estimate of drug-likeness (QED) is 0.172. The Kier molecular flexibility index (Phi) is 6.18. The number of rotatable bonds is 2. The van der Waals surface area contributed by atoms with Crippen LogP contribution in [0.1, 0.15) is 39.8 Å². The van der Waals surface area contributed by atoms with Crippen LogP contribution in [0.4, 0.5) is 0 Å². The highest BCUT2D eigenvalue weighted by atomic mass is 32.2. The summed E-state index contributed by atoms with van der Waals surface area (Å²) in [5, 5.41) is 5.15. The van der Waals surface area contributed by atoms with Crippen molar-refractivity contribution in [3.05, 3.63) is 209 Å². The Morgan fingerprint density at radius 2 is 1.16 bits per heavy atom. The van der Waals surface area contributed by atoms with Gasteiger partial charge in [0.15, 0.2) is 0 Å². The van der Waals surface area contributed by atoms with Gasteiger partial charge in [0.05, 0.1) is 33.2 Å². The molecule has 0 radical (unpaired) electrons. The molecule has 2 nitrogen and oxygen atoms in total. The van der Waals surface area contributed by atoms with Gasteiger partial charge in [-0.25, -0.2) is 0 Å². The normalized spacial score (nSPS) is 16.4. The second-order valence-corrected chi connectivity index (χ2v) is 16.5. The molecule has 0 amide bonds. The Balaban J connectivity index is 1.14. The summed E-state index contributed by atoms with van der Waals surface area (Å²) in [7, 11) is 0. The number of allylic oxidation sites excluding steroid dienone is 1. The molecule has 1 aliphatic carbocycles. The second-order valence-electron chi connectivity index (χ2n) is 15.5. The highest BCUT2D eigenvalue weighted by Gasteiger charge is 2.50. The first-order valence-corrected chi connectivity index (χ1v) is 20.5. The van der Waals surface area contributed by atoms with E-state index in [1.807, 2.05) is 11.8 Å². The molecule has 0 N–H and O–H groups in total. The van der Waals surface area contributed by atoms with Crippen molar-refractivity contribution in [1.29, 1.82) is 0 Å². The molecule has 2 aromatic heterocycles. The van der Waals surface area contributed by atoms with Crippen molar-refractivity contribution in [1.82, 2.24) is 9.13 Å². The van der Waals surface area contributed by atoms with E-state index in [2.05, 4.69) is 191 Å². The number of hydrogen-bond acceptors (Lipinski definition) is 1. The Bertz CT molecular complexity index is 3340. The first-order valence-electron chi connectivity index (χ1n) is 19.7. The monoisotopic (exact) mass is 730 g/mol. The van der Waals surface area contributed by atoms with Crippen LogP contribution in [0.15, 0.2) is 186 Å². The molecule has 3 aliphatic rings. The third-order valence-electron chi connectivity index (χ3n) is 12.8. The minimum Gasteiger partial charge on any atom is -0.309 e. The first-order chi connectivity index (χ1) is 27.8. The third kappa shape index (κ3) is 3.83.